The molecule has 1 heterocycles. The van der Waals surface area contributed by atoms with E-state index in [9.17, 15) is 0 Å². The van der Waals surface area contributed by atoms with Crippen LogP contribution in [0.5, 0.6) is 0 Å². The maximum Gasteiger partial charge on any atom is 0.0325 e. The van der Waals surface area contributed by atoms with Crippen LogP contribution in [0.1, 0.15) is 6.42 Å². The highest BCUT2D eigenvalue weighted by atomic mass is 14.9. The first-order valence-electron chi connectivity index (χ1n) is 2.56. The summed E-state index contributed by atoms with van der Waals surface area (Å²) in [5.74, 6) is 0. The Kier molecular flexibility index (Phi) is 1.32. The number of nitrogens with one attached hydrogen (secondary N) is 1. The molecular weight excluding hydrogens is 88.1 g/mol. The van der Waals surface area contributed by atoms with E-state index in [0.29, 0.717) is 6.54 Å². The Labute approximate surface area is 43.4 Å². The van der Waals surface area contributed by atoms with Crippen molar-refractivity contribution >= 4 is 0 Å². The molecule has 0 unspecified atom stereocenters. The lowest BCUT2D eigenvalue weighted by Gasteiger charge is -1.95. The third-order valence-electron chi connectivity index (χ3n) is 1.11. The normalized spacial score (nSPS) is 18.7. The molecule has 2 nitrogen and oxygen atoms in total. The Balaban J connectivity index is 2.36. The van der Waals surface area contributed by atoms with Gasteiger partial charge in [-0.3, -0.25) is 0 Å². The molecule has 1 rings (SSSR count). The standard InChI is InChI=1S/C5H10N2/c6-4-5-2-1-3-7-5/h2,7H,1,3-4,6H2. The van der Waals surface area contributed by atoms with Gasteiger partial charge in [0.15, 0.2) is 0 Å². The van der Waals surface area contributed by atoms with Gasteiger partial charge < -0.3 is 11.1 Å². The van der Waals surface area contributed by atoms with Gasteiger partial charge in [0.05, 0.1) is 0 Å². The molecule has 0 aliphatic carbocycles. The van der Waals surface area contributed by atoms with Crippen molar-refractivity contribution in [1.82, 2.24) is 5.32 Å². The fourth-order valence-electron chi connectivity index (χ4n) is 0.707. The summed E-state index contributed by atoms with van der Waals surface area (Å²) in [4.78, 5) is 0. The Bertz CT molecular complexity index is 86.1. The second-order valence-corrected chi connectivity index (χ2v) is 1.65. The van der Waals surface area contributed by atoms with E-state index in [1.807, 2.05) is 0 Å². The van der Waals surface area contributed by atoms with E-state index >= 15 is 0 Å². The molecule has 0 amide bonds. The van der Waals surface area contributed by atoms with Gasteiger partial charge >= 0.3 is 0 Å². The van der Waals surface area contributed by atoms with Crippen molar-refractivity contribution in [2.45, 2.75) is 6.42 Å². The highest BCUT2D eigenvalue weighted by molar-refractivity contribution is 5.06. The van der Waals surface area contributed by atoms with Crippen molar-refractivity contribution in [3.05, 3.63) is 11.8 Å². The minimum absolute atomic E-state index is 0.667. The van der Waals surface area contributed by atoms with Crippen molar-refractivity contribution in [3.8, 4) is 0 Å². The predicted molar refractivity (Wildman–Crippen MR) is 29.8 cm³/mol. The van der Waals surface area contributed by atoms with Crippen LogP contribution in [0.3, 0.4) is 0 Å². The molecule has 0 bridgehead atoms. The fraction of sp³-hybridized carbons (Fsp3) is 0.600. The van der Waals surface area contributed by atoms with Crippen LogP contribution in [0.2, 0.25) is 0 Å². The zero-order valence-corrected chi connectivity index (χ0v) is 4.28. The molecule has 3 N–H and O–H groups in total. The van der Waals surface area contributed by atoms with Gasteiger partial charge in [0.2, 0.25) is 0 Å². The second-order valence-electron chi connectivity index (χ2n) is 1.65. The highest BCUT2D eigenvalue weighted by Gasteiger charge is 1.97. The number of hydrogen-bond donors (Lipinski definition) is 2. The lowest BCUT2D eigenvalue weighted by atomic mass is 10.4. The largest absolute Gasteiger partial charge is 0.387 e. The van der Waals surface area contributed by atoms with Gasteiger partial charge in [-0.15, -0.1) is 0 Å². The van der Waals surface area contributed by atoms with Gasteiger partial charge in [-0.25, -0.2) is 0 Å². The van der Waals surface area contributed by atoms with Gasteiger partial charge in [-0.05, 0) is 6.42 Å². The summed E-state index contributed by atoms with van der Waals surface area (Å²) in [6.45, 7) is 1.74. The number of nitrogens with two attached hydrogens (primary N) is 1. The van der Waals surface area contributed by atoms with E-state index in [-0.39, 0.29) is 0 Å². The van der Waals surface area contributed by atoms with Crippen molar-refractivity contribution in [1.29, 1.82) is 0 Å². The van der Waals surface area contributed by atoms with Gasteiger partial charge in [-0.2, -0.15) is 0 Å². The van der Waals surface area contributed by atoms with Crippen LogP contribution >= 0.6 is 0 Å². The minimum Gasteiger partial charge on any atom is -0.387 e. The predicted octanol–water partition coefficient (Wildman–Crippen LogP) is -0.178. The molecule has 0 aromatic rings. The van der Waals surface area contributed by atoms with Gasteiger partial charge in [0, 0.05) is 18.8 Å². The van der Waals surface area contributed by atoms with Crippen LogP contribution in [-0.2, 0) is 0 Å². The highest BCUT2D eigenvalue weighted by Crippen LogP contribution is 1.96. The van der Waals surface area contributed by atoms with Gasteiger partial charge in [0.1, 0.15) is 0 Å². The van der Waals surface area contributed by atoms with Crippen LogP contribution in [0.15, 0.2) is 11.8 Å². The van der Waals surface area contributed by atoms with E-state index in [4.69, 9.17) is 5.73 Å². The lowest BCUT2D eigenvalue weighted by Crippen LogP contribution is -2.15. The van der Waals surface area contributed by atoms with Crippen LogP contribution in [0.4, 0.5) is 0 Å². The van der Waals surface area contributed by atoms with Crippen molar-refractivity contribution in [2.75, 3.05) is 13.1 Å². The molecule has 1 aliphatic heterocycles. The smallest absolute Gasteiger partial charge is 0.0325 e. The van der Waals surface area contributed by atoms with E-state index in [0.717, 1.165) is 13.0 Å². The summed E-state index contributed by atoms with van der Waals surface area (Å²) >= 11 is 0. The third kappa shape index (κ3) is 0.933. The summed E-state index contributed by atoms with van der Waals surface area (Å²) < 4.78 is 0. The molecule has 0 spiro atoms. The molecule has 2 heteroatoms. The molecule has 0 aromatic heterocycles. The number of rotatable bonds is 1. The molecule has 0 saturated carbocycles. The minimum atomic E-state index is 0.667. The molecule has 0 aromatic carbocycles. The van der Waals surface area contributed by atoms with Crippen LogP contribution in [0.25, 0.3) is 0 Å². The summed E-state index contributed by atoms with van der Waals surface area (Å²) in [5, 5.41) is 3.14. The monoisotopic (exact) mass is 98.1 g/mol. The summed E-state index contributed by atoms with van der Waals surface area (Å²) in [6.07, 6.45) is 3.28. The van der Waals surface area contributed by atoms with Crippen LogP contribution in [0, 0.1) is 0 Å². The first-order valence-corrected chi connectivity index (χ1v) is 2.56. The zero-order chi connectivity index (χ0) is 5.11. The third-order valence-corrected chi connectivity index (χ3v) is 1.11. The Morgan fingerprint density at radius 1 is 1.86 bits per heavy atom. The quantitative estimate of drug-likeness (QED) is 0.477. The molecular formula is C5H10N2. The summed E-state index contributed by atoms with van der Waals surface area (Å²) in [6, 6.07) is 0. The maximum absolute atomic E-state index is 5.30. The van der Waals surface area contributed by atoms with Crippen LogP contribution < -0.4 is 11.1 Å². The zero-order valence-electron chi connectivity index (χ0n) is 4.28. The SMILES string of the molecule is NCC1=CCCN1. The van der Waals surface area contributed by atoms with Crippen molar-refractivity contribution in [2.24, 2.45) is 5.73 Å². The Hall–Kier alpha value is -0.500. The van der Waals surface area contributed by atoms with E-state index in [2.05, 4.69) is 11.4 Å². The molecule has 40 valence electrons. The maximum atomic E-state index is 5.30. The summed E-state index contributed by atoms with van der Waals surface area (Å²) in [5.41, 5.74) is 6.50. The molecule has 7 heavy (non-hydrogen) atoms. The van der Waals surface area contributed by atoms with Crippen LogP contribution in [-0.4, -0.2) is 13.1 Å². The average molecular weight is 98.1 g/mol. The second kappa shape index (κ2) is 1.98. The molecule has 0 fully saturated rings. The van der Waals surface area contributed by atoms with E-state index in [1.165, 1.54) is 5.70 Å². The van der Waals surface area contributed by atoms with Gasteiger partial charge in [0.25, 0.3) is 0 Å². The fourth-order valence-corrected chi connectivity index (χ4v) is 0.707. The average Bonchev–Trinajstić information content (AvgIpc) is 2.14. The Morgan fingerprint density at radius 3 is 3.00 bits per heavy atom. The van der Waals surface area contributed by atoms with Crippen molar-refractivity contribution in [3.63, 3.8) is 0 Å². The Morgan fingerprint density at radius 2 is 2.71 bits per heavy atom. The molecule has 0 saturated heterocycles. The molecule has 0 radical (unpaired) electrons. The first kappa shape index (κ1) is 4.65. The van der Waals surface area contributed by atoms with Crippen molar-refractivity contribution < 1.29 is 0 Å². The van der Waals surface area contributed by atoms with Gasteiger partial charge in [-0.1, -0.05) is 6.08 Å². The molecule has 0 atom stereocenters. The van der Waals surface area contributed by atoms with E-state index < -0.39 is 0 Å². The lowest BCUT2D eigenvalue weighted by molar-refractivity contribution is 0.851. The number of hydrogen-bond acceptors (Lipinski definition) is 2. The first-order chi connectivity index (χ1) is 3.43. The van der Waals surface area contributed by atoms with E-state index in [1.54, 1.807) is 0 Å². The summed E-state index contributed by atoms with van der Waals surface area (Å²) in [7, 11) is 0. The topological polar surface area (TPSA) is 38.0 Å². The molecule has 1 aliphatic rings.